The molecule has 0 saturated heterocycles. The topological polar surface area (TPSA) is 46.2 Å². The number of hydrogen-bond acceptors (Lipinski definition) is 2. The molecule has 0 aliphatic rings. The van der Waals surface area contributed by atoms with Crippen molar-refractivity contribution < 1.29 is 12.8 Å². The Labute approximate surface area is 115 Å². The summed E-state index contributed by atoms with van der Waals surface area (Å²) in [6.07, 6.45) is 0. The van der Waals surface area contributed by atoms with E-state index in [9.17, 15) is 12.8 Å². The largest absolute Gasteiger partial charge is 0.242 e. The minimum atomic E-state index is -3.61. The quantitative estimate of drug-likeness (QED) is 0.639. The van der Waals surface area contributed by atoms with Crippen molar-refractivity contribution in [3.63, 3.8) is 0 Å². The fourth-order valence-corrected chi connectivity index (χ4v) is 2.52. The second kappa shape index (κ2) is 5.62. The predicted octanol–water partition coefficient (Wildman–Crippen LogP) is 2.44. The molecule has 1 aromatic rings. The zero-order chi connectivity index (χ0) is 13.1. The molecule has 96 valence electrons. The molecule has 0 fully saturated rings. The van der Waals surface area contributed by atoms with Crippen LogP contribution in [-0.2, 0) is 10.0 Å². The maximum atomic E-state index is 13.6. The van der Waals surface area contributed by atoms with E-state index in [-0.39, 0.29) is 15.9 Å². The highest BCUT2D eigenvalue weighted by Gasteiger charge is 2.24. The van der Waals surface area contributed by atoms with Crippen LogP contribution in [0.5, 0.6) is 0 Å². The maximum Gasteiger partial charge on any atom is 0.240 e. The Morgan fingerprint density at radius 2 is 1.88 bits per heavy atom. The molecule has 0 bridgehead atoms. The Morgan fingerprint density at radius 3 is 2.35 bits per heavy atom. The van der Waals surface area contributed by atoms with Gasteiger partial charge in [-0.1, -0.05) is 40.3 Å². The number of sulfonamides is 1. The van der Waals surface area contributed by atoms with E-state index >= 15 is 0 Å². The van der Waals surface area contributed by atoms with E-state index in [4.69, 9.17) is 0 Å². The summed E-state index contributed by atoms with van der Waals surface area (Å²) in [6, 6.07) is 6.44. The summed E-state index contributed by atoms with van der Waals surface area (Å²) in [7, 11) is -3.61. The maximum absolute atomic E-state index is 13.6. The van der Waals surface area contributed by atoms with Gasteiger partial charge in [-0.2, -0.15) is 0 Å². The Balaban J connectivity index is 2.79. The smallest absolute Gasteiger partial charge is 0.240 e. The third-order valence-electron chi connectivity index (χ3n) is 2.24. The van der Waals surface area contributed by atoms with E-state index in [1.807, 2.05) is 29.5 Å². The van der Waals surface area contributed by atoms with Gasteiger partial charge in [0.1, 0.15) is 5.67 Å². The van der Waals surface area contributed by atoms with Crippen LogP contribution in [0.4, 0.5) is 4.39 Å². The average Bonchev–Trinajstić information content (AvgIpc) is 2.27. The fraction of sp³-hybridized carbons (Fsp3) is 0.455. The van der Waals surface area contributed by atoms with Crippen molar-refractivity contribution in [2.45, 2.75) is 24.4 Å². The number of hydrogen-bond donors (Lipinski definition) is 1. The van der Waals surface area contributed by atoms with E-state index < -0.39 is 15.7 Å². The second-order valence-electron chi connectivity index (χ2n) is 4.18. The van der Waals surface area contributed by atoms with Crippen LogP contribution in [0.1, 0.15) is 12.5 Å². The van der Waals surface area contributed by atoms with Crippen LogP contribution < -0.4 is 4.72 Å². The van der Waals surface area contributed by atoms with Crippen LogP contribution in [0, 0.1) is 6.92 Å². The SMILES string of the molecule is Cc1ccc(S(=O)(=O)NC[C@](C)(F)CI)cc1. The monoisotopic (exact) mass is 371 g/mol. The standard InChI is InChI=1S/C11H15FINO2S/c1-9-3-5-10(6-4-9)17(15,16)14-8-11(2,12)7-13/h3-6,14H,7-8H2,1-2H3/t11-/m1/s1. The molecule has 1 N–H and O–H groups in total. The van der Waals surface area contributed by atoms with Crippen LogP contribution in [0.3, 0.4) is 0 Å². The number of alkyl halides is 2. The minimum Gasteiger partial charge on any atom is -0.242 e. The van der Waals surface area contributed by atoms with Crippen molar-refractivity contribution in [1.29, 1.82) is 0 Å². The number of halogens is 2. The van der Waals surface area contributed by atoms with Gasteiger partial charge in [-0.05, 0) is 26.0 Å². The zero-order valence-electron chi connectivity index (χ0n) is 9.70. The molecule has 0 aliphatic carbocycles. The highest BCUT2D eigenvalue weighted by Crippen LogP contribution is 2.15. The van der Waals surface area contributed by atoms with Gasteiger partial charge >= 0.3 is 0 Å². The normalized spacial score (nSPS) is 15.5. The highest BCUT2D eigenvalue weighted by atomic mass is 127. The summed E-state index contributed by atoms with van der Waals surface area (Å²) in [6.45, 7) is 3.03. The molecule has 0 radical (unpaired) electrons. The molecular formula is C11H15FINO2S. The Kier molecular flexibility index (Phi) is 4.91. The van der Waals surface area contributed by atoms with Gasteiger partial charge in [0.05, 0.1) is 4.90 Å². The Bertz CT molecular complexity index is 471. The van der Waals surface area contributed by atoms with E-state index in [1.54, 1.807) is 12.1 Å². The van der Waals surface area contributed by atoms with Gasteiger partial charge < -0.3 is 0 Å². The molecule has 1 atom stereocenters. The van der Waals surface area contributed by atoms with Crippen LogP contribution in [0.2, 0.25) is 0 Å². The highest BCUT2D eigenvalue weighted by molar-refractivity contribution is 14.1. The molecule has 0 amide bonds. The summed E-state index contributed by atoms with van der Waals surface area (Å²) in [5, 5.41) is 0. The molecule has 0 unspecified atom stereocenters. The molecule has 0 heterocycles. The fourth-order valence-electron chi connectivity index (χ4n) is 1.09. The van der Waals surface area contributed by atoms with Gasteiger partial charge in [0.15, 0.2) is 0 Å². The van der Waals surface area contributed by atoms with E-state index in [0.29, 0.717) is 0 Å². The van der Waals surface area contributed by atoms with Crippen molar-refractivity contribution in [2.75, 3.05) is 11.0 Å². The number of nitrogens with one attached hydrogen (secondary N) is 1. The van der Waals surface area contributed by atoms with Crippen molar-refractivity contribution in [3.05, 3.63) is 29.8 Å². The number of benzene rings is 1. The summed E-state index contributed by atoms with van der Waals surface area (Å²) < 4.78 is 39.8. The molecule has 0 saturated carbocycles. The van der Waals surface area contributed by atoms with E-state index in [2.05, 4.69) is 4.72 Å². The van der Waals surface area contributed by atoms with Crippen molar-refractivity contribution in [1.82, 2.24) is 4.72 Å². The molecule has 1 rings (SSSR count). The third kappa shape index (κ3) is 4.51. The summed E-state index contributed by atoms with van der Waals surface area (Å²) >= 11 is 1.89. The third-order valence-corrected chi connectivity index (χ3v) is 5.25. The van der Waals surface area contributed by atoms with Gasteiger partial charge in [-0.3, -0.25) is 0 Å². The van der Waals surface area contributed by atoms with E-state index in [1.165, 1.54) is 19.1 Å². The van der Waals surface area contributed by atoms with Gasteiger partial charge in [-0.15, -0.1) is 0 Å². The second-order valence-corrected chi connectivity index (χ2v) is 6.71. The van der Waals surface area contributed by atoms with E-state index in [0.717, 1.165) is 5.56 Å². The summed E-state index contributed by atoms with van der Waals surface area (Å²) in [5.74, 6) is 0. The van der Waals surface area contributed by atoms with Crippen LogP contribution >= 0.6 is 22.6 Å². The summed E-state index contributed by atoms with van der Waals surface area (Å²) in [5.41, 5.74) is -0.551. The lowest BCUT2D eigenvalue weighted by Gasteiger charge is -2.17. The first-order valence-corrected chi connectivity index (χ1v) is 8.09. The first-order chi connectivity index (χ1) is 7.77. The molecule has 1 aromatic carbocycles. The predicted molar refractivity (Wildman–Crippen MR) is 74.8 cm³/mol. The van der Waals surface area contributed by atoms with Gasteiger partial charge in [-0.25, -0.2) is 17.5 Å². The van der Waals surface area contributed by atoms with Crippen molar-refractivity contribution >= 4 is 32.6 Å². The summed E-state index contributed by atoms with van der Waals surface area (Å²) in [4.78, 5) is 0.160. The molecular weight excluding hydrogens is 356 g/mol. The molecule has 6 heteroatoms. The zero-order valence-corrected chi connectivity index (χ0v) is 12.7. The van der Waals surface area contributed by atoms with Crippen LogP contribution in [-0.4, -0.2) is 25.1 Å². The van der Waals surface area contributed by atoms with Gasteiger partial charge in [0.2, 0.25) is 10.0 Å². The lowest BCUT2D eigenvalue weighted by atomic mass is 10.2. The number of aryl methyl sites for hydroxylation is 1. The lowest BCUT2D eigenvalue weighted by molar-refractivity contribution is 0.231. The minimum absolute atomic E-state index is 0.160. The van der Waals surface area contributed by atoms with Crippen molar-refractivity contribution in [2.24, 2.45) is 0 Å². The molecule has 0 aliphatic heterocycles. The Hall–Kier alpha value is -0.210. The molecule has 0 aromatic heterocycles. The first-order valence-electron chi connectivity index (χ1n) is 5.08. The van der Waals surface area contributed by atoms with Gasteiger partial charge in [0.25, 0.3) is 0 Å². The van der Waals surface area contributed by atoms with Crippen LogP contribution in [0.25, 0.3) is 0 Å². The molecule has 0 spiro atoms. The number of rotatable bonds is 5. The molecule has 3 nitrogen and oxygen atoms in total. The van der Waals surface area contributed by atoms with Gasteiger partial charge in [0, 0.05) is 11.0 Å². The lowest BCUT2D eigenvalue weighted by Crippen LogP contribution is -2.38. The average molecular weight is 371 g/mol. The van der Waals surface area contributed by atoms with Crippen molar-refractivity contribution in [3.8, 4) is 0 Å². The van der Waals surface area contributed by atoms with Crippen LogP contribution in [0.15, 0.2) is 29.2 Å². The Morgan fingerprint density at radius 1 is 1.35 bits per heavy atom. The first kappa shape index (κ1) is 14.8. The molecule has 17 heavy (non-hydrogen) atoms.